The fourth-order valence-corrected chi connectivity index (χ4v) is 2.88. The van der Waals surface area contributed by atoms with Gasteiger partial charge < -0.3 is 9.84 Å². The number of sulfone groups is 1. The summed E-state index contributed by atoms with van der Waals surface area (Å²) in [6.45, 7) is 4.84. The number of carbonyl (C=O) groups excluding carboxylic acids is 1. The predicted molar refractivity (Wildman–Crippen MR) is 80.3 cm³/mol. The molecule has 0 fully saturated rings. The first-order valence-electron chi connectivity index (χ1n) is 6.91. The third-order valence-corrected chi connectivity index (χ3v) is 5.34. The molecule has 1 aromatic rings. The molecule has 1 rings (SSSR count). The molecule has 0 aliphatic rings. The molecule has 118 valence electrons. The lowest BCUT2D eigenvalue weighted by molar-refractivity contribution is -0.147. The zero-order chi connectivity index (χ0) is 16.0. The second kappa shape index (κ2) is 7.56. The Morgan fingerprint density at radius 1 is 1.19 bits per heavy atom. The van der Waals surface area contributed by atoms with Gasteiger partial charge >= 0.3 is 5.97 Å². The summed E-state index contributed by atoms with van der Waals surface area (Å²) in [5.41, 5.74) is 1.29. The summed E-state index contributed by atoms with van der Waals surface area (Å²) < 4.78 is 29.5. The van der Waals surface area contributed by atoms with Crippen molar-refractivity contribution in [3.63, 3.8) is 0 Å². The highest BCUT2D eigenvalue weighted by Crippen LogP contribution is 2.14. The molecular weight excluding hydrogens is 292 g/mol. The third kappa shape index (κ3) is 5.13. The molecular formula is C15H22O5S. The van der Waals surface area contributed by atoms with Crippen LogP contribution in [0.5, 0.6) is 0 Å². The van der Waals surface area contributed by atoms with Crippen molar-refractivity contribution < 1.29 is 23.1 Å². The van der Waals surface area contributed by atoms with Gasteiger partial charge in [-0.15, -0.1) is 0 Å². The molecule has 0 amide bonds. The van der Waals surface area contributed by atoms with Gasteiger partial charge in [0.15, 0.2) is 15.1 Å². The third-order valence-electron chi connectivity index (χ3n) is 3.34. The highest BCUT2D eigenvalue weighted by atomic mass is 32.2. The summed E-state index contributed by atoms with van der Waals surface area (Å²) in [5, 5.41) is 7.76. The molecule has 0 aliphatic carbocycles. The summed E-state index contributed by atoms with van der Waals surface area (Å²) >= 11 is 0. The Morgan fingerprint density at radius 3 is 2.19 bits per heavy atom. The maximum atomic E-state index is 12.2. The fourth-order valence-electron chi connectivity index (χ4n) is 1.62. The molecule has 5 nitrogen and oxygen atoms in total. The van der Waals surface area contributed by atoms with E-state index in [2.05, 4.69) is 0 Å². The SMILES string of the molecule is CCC(C)OC(=O)C(C)S(=O)(=O)Cc1ccc(CO)cc1. The first kappa shape index (κ1) is 17.7. The second-order valence-corrected chi connectivity index (χ2v) is 7.40. The van der Waals surface area contributed by atoms with Gasteiger partial charge in [0.2, 0.25) is 0 Å². The second-order valence-electron chi connectivity index (χ2n) is 5.08. The topological polar surface area (TPSA) is 80.7 Å². The van der Waals surface area contributed by atoms with Gasteiger partial charge in [0.1, 0.15) is 0 Å². The molecule has 0 spiro atoms. The molecule has 0 saturated heterocycles. The molecule has 6 heteroatoms. The number of hydrogen-bond donors (Lipinski definition) is 1. The lowest BCUT2D eigenvalue weighted by atomic mass is 10.2. The number of hydrogen-bond acceptors (Lipinski definition) is 5. The minimum Gasteiger partial charge on any atom is -0.462 e. The Hall–Kier alpha value is -1.40. The monoisotopic (exact) mass is 314 g/mol. The van der Waals surface area contributed by atoms with E-state index < -0.39 is 21.1 Å². The van der Waals surface area contributed by atoms with E-state index in [1.54, 1.807) is 31.2 Å². The lowest BCUT2D eigenvalue weighted by Crippen LogP contribution is -2.32. The minimum absolute atomic E-state index is 0.0926. The summed E-state index contributed by atoms with van der Waals surface area (Å²) in [4.78, 5) is 11.8. The summed E-state index contributed by atoms with van der Waals surface area (Å²) in [6.07, 6.45) is 0.347. The highest BCUT2D eigenvalue weighted by molar-refractivity contribution is 7.92. The van der Waals surface area contributed by atoms with Gasteiger partial charge in [0.25, 0.3) is 0 Å². The quantitative estimate of drug-likeness (QED) is 0.777. The van der Waals surface area contributed by atoms with E-state index in [0.717, 1.165) is 0 Å². The Balaban J connectivity index is 2.77. The summed E-state index contributed by atoms with van der Waals surface area (Å²) in [6, 6.07) is 6.59. The Morgan fingerprint density at radius 2 is 1.71 bits per heavy atom. The molecule has 0 bridgehead atoms. The largest absolute Gasteiger partial charge is 0.462 e. The van der Waals surface area contributed by atoms with Gasteiger partial charge in [-0.3, -0.25) is 4.79 Å². The Labute approximate surface area is 125 Å². The maximum absolute atomic E-state index is 12.2. The molecule has 0 saturated carbocycles. The summed E-state index contributed by atoms with van der Waals surface area (Å²) in [7, 11) is -3.62. The van der Waals surface area contributed by atoms with E-state index in [4.69, 9.17) is 9.84 Å². The molecule has 0 aliphatic heterocycles. The van der Waals surface area contributed by atoms with Gasteiger partial charge in [-0.25, -0.2) is 8.42 Å². The number of esters is 1. The van der Waals surface area contributed by atoms with Crippen LogP contribution in [0.4, 0.5) is 0 Å². The van der Waals surface area contributed by atoms with Crippen LogP contribution in [0.1, 0.15) is 38.3 Å². The Bertz CT molecular complexity index is 562. The molecule has 1 N–H and O–H groups in total. The van der Waals surface area contributed by atoms with Crippen LogP contribution in [0.25, 0.3) is 0 Å². The number of carbonyl (C=O) groups is 1. The van der Waals surface area contributed by atoms with Gasteiger partial charge in [-0.2, -0.15) is 0 Å². The number of benzene rings is 1. The van der Waals surface area contributed by atoms with Gasteiger partial charge in [0.05, 0.1) is 18.5 Å². The van der Waals surface area contributed by atoms with Crippen molar-refractivity contribution in [3.05, 3.63) is 35.4 Å². The van der Waals surface area contributed by atoms with Crippen molar-refractivity contribution in [3.8, 4) is 0 Å². The van der Waals surface area contributed by atoms with E-state index in [0.29, 0.717) is 17.5 Å². The number of rotatable bonds is 7. The van der Waals surface area contributed by atoms with Crippen LogP contribution < -0.4 is 0 Å². The average Bonchev–Trinajstić information content (AvgIpc) is 2.46. The van der Waals surface area contributed by atoms with Crippen LogP contribution in [0.2, 0.25) is 0 Å². The van der Waals surface area contributed by atoms with Crippen molar-refractivity contribution in [1.82, 2.24) is 0 Å². The van der Waals surface area contributed by atoms with Crippen molar-refractivity contribution in [2.24, 2.45) is 0 Å². The van der Waals surface area contributed by atoms with E-state index in [9.17, 15) is 13.2 Å². The molecule has 2 unspecified atom stereocenters. The van der Waals surface area contributed by atoms with Crippen LogP contribution in [-0.2, 0) is 31.7 Å². The molecule has 2 atom stereocenters. The first-order chi connectivity index (χ1) is 9.80. The molecule has 1 aromatic carbocycles. The highest BCUT2D eigenvalue weighted by Gasteiger charge is 2.30. The average molecular weight is 314 g/mol. The summed E-state index contributed by atoms with van der Waals surface area (Å²) in [5.74, 6) is -0.938. The zero-order valence-corrected chi connectivity index (χ0v) is 13.4. The molecule has 0 aromatic heterocycles. The maximum Gasteiger partial charge on any atom is 0.324 e. The van der Waals surface area contributed by atoms with Crippen LogP contribution in [0.3, 0.4) is 0 Å². The minimum atomic E-state index is -3.62. The standard InChI is InChI=1S/C15H22O5S/c1-4-11(2)20-15(17)12(3)21(18,19)10-14-7-5-13(9-16)6-8-14/h5-8,11-12,16H,4,9-10H2,1-3H3. The van der Waals surface area contributed by atoms with Gasteiger partial charge in [-0.05, 0) is 31.4 Å². The molecule has 0 heterocycles. The predicted octanol–water partition coefficient (Wildman–Crippen LogP) is 1.82. The number of aliphatic hydroxyl groups is 1. The van der Waals surface area contributed by atoms with E-state index in [-0.39, 0.29) is 18.5 Å². The van der Waals surface area contributed by atoms with Crippen molar-refractivity contribution in [2.75, 3.05) is 0 Å². The first-order valence-corrected chi connectivity index (χ1v) is 8.62. The van der Waals surface area contributed by atoms with E-state index in [1.807, 2.05) is 6.92 Å². The van der Waals surface area contributed by atoms with Crippen LogP contribution in [0, 0.1) is 0 Å². The molecule has 0 radical (unpaired) electrons. The van der Waals surface area contributed by atoms with E-state index >= 15 is 0 Å². The molecule has 21 heavy (non-hydrogen) atoms. The van der Waals surface area contributed by atoms with Crippen molar-refractivity contribution >= 4 is 15.8 Å². The van der Waals surface area contributed by atoms with Crippen molar-refractivity contribution in [1.29, 1.82) is 0 Å². The number of aliphatic hydroxyl groups excluding tert-OH is 1. The van der Waals surface area contributed by atoms with Gasteiger partial charge in [0, 0.05) is 0 Å². The van der Waals surface area contributed by atoms with Crippen LogP contribution in [-0.4, -0.2) is 30.8 Å². The van der Waals surface area contributed by atoms with Crippen LogP contribution in [0.15, 0.2) is 24.3 Å². The smallest absolute Gasteiger partial charge is 0.324 e. The Kier molecular flexibility index (Phi) is 6.36. The lowest BCUT2D eigenvalue weighted by Gasteiger charge is -2.16. The van der Waals surface area contributed by atoms with Crippen molar-refractivity contribution in [2.45, 2.75) is 50.9 Å². The zero-order valence-electron chi connectivity index (χ0n) is 12.6. The number of ether oxygens (including phenoxy) is 1. The van der Waals surface area contributed by atoms with Gasteiger partial charge in [-0.1, -0.05) is 31.2 Å². The van der Waals surface area contributed by atoms with E-state index in [1.165, 1.54) is 6.92 Å². The normalized spacial score (nSPS) is 14.5. The fraction of sp³-hybridized carbons (Fsp3) is 0.533. The van der Waals surface area contributed by atoms with Crippen LogP contribution >= 0.6 is 0 Å².